The summed E-state index contributed by atoms with van der Waals surface area (Å²) in [6.07, 6.45) is 7.40. The molecule has 23 heavy (non-hydrogen) atoms. The molecule has 1 aliphatic heterocycles. The lowest BCUT2D eigenvalue weighted by Crippen LogP contribution is -2.37. The fourth-order valence-electron chi connectivity index (χ4n) is 2.69. The van der Waals surface area contributed by atoms with E-state index in [2.05, 4.69) is 20.9 Å². The first-order valence-electron chi connectivity index (χ1n) is 7.76. The van der Waals surface area contributed by atoms with Crippen LogP contribution in [-0.2, 0) is 0 Å². The first-order valence-corrected chi connectivity index (χ1v) is 8.13. The second kappa shape index (κ2) is 7.48. The number of hydrogen-bond acceptors (Lipinski definition) is 3. The Bertz CT molecular complexity index is 652. The van der Waals surface area contributed by atoms with Gasteiger partial charge in [-0.05, 0) is 50.0 Å². The van der Waals surface area contributed by atoms with Gasteiger partial charge in [0.05, 0.1) is 17.0 Å². The second-order valence-corrected chi connectivity index (χ2v) is 6.07. The smallest absolute Gasteiger partial charge is 0.319 e. The van der Waals surface area contributed by atoms with Gasteiger partial charge in [0.25, 0.3) is 0 Å². The number of imidazole rings is 1. The number of benzene rings is 1. The maximum Gasteiger partial charge on any atom is 0.319 e. The average molecular weight is 334 g/mol. The van der Waals surface area contributed by atoms with Gasteiger partial charge in [-0.2, -0.15) is 0 Å². The highest BCUT2D eigenvalue weighted by Crippen LogP contribution is 2.24. The number of piperidine rings is 1. The number of aromatic nitrogens is 2. The van der Waals surface area contributed by atoms with Crippen LogP contribution < -0.4 is 16.0 Å². The largest absolute Gasteiger partial charge is 0.338 e. The van der Waals surface area contributed by atoms with Crippen molar-refractivity contribution in [1.29, 1.82) is 0 Å². The number of halogens is 1. The Kier molecular flexibility index (Phi) is 5.15. The van der Waals surface area contributed by atoms with Crippen LogP contribution in [0.15, 0.2) is 36.9 Å². The van der Waals surface area contributed by atoms with Gasteiger partial charge >= 0.3 is 6.03 Å². The Morgan fingerprint density at radius 1 is 1.39 bits per heavy atom. The number of carbonyl (C=O) groups is 1. The summed E-state index contributed by atoms with van der Waals surface area (Å²) in [5, 5.41) is 9.62. The van der Waals surface area contributed by atoms with E-state index >= 15 is 0 Å². The molecule has 1 aromatic carbocycles. The number of nitrogens with zero attached hydrogens (tertiary/aromatic N) is 2. The van der Waals surface area contributed by atoms with Crippen molar-refractivity contribution < 1.29 is 4.79 Å². The predicted octanol–water partition coefficient (Wildman–Crippen LogP) is 2.65. The molecule has 0 atom stereocenters. The third kappa shape index (κ3) is 4.24. The lowest BCUT2D eigenvalue weighted by Gasteiger charge is -2.22. The summed E-state index contributed by atoms with van der Waals surface area (Å²) in [7, 11) is 0. The molecule has 2 heterocycles. The molecule has 2 amide bonds. The summed E-state index contributed by atoms with van der Waals surface area (Å²) >= 11 is 6.28. The van der Waals surface area contributed by atoms with Crippen LogP contribution in [0.2, 0.25) is 5.02 Å². The van der Waals surface area contributed by atoms with Gasteiger partial charge in [-0.15, -0.1) is 0 Å². The first kappa shape index (κ1) is 15.8. The molecule has 3 rings (SSSR count). The van der Waals surface area contributed by atoms with Gasteiger partial charge < -0.3 is 20.5 Å². The summed E-state index contributed by atoms with van der Waals surface area (Å²) in [5.41, 5.74) is 1.49. The van der Waals surface area contributed by atoms with E-state index < -0.39 is 0 Å². The van der Waals surface area contributed by atoms with Gasteiger partial charge in [0, 0.05) is 24.6 Å². The Morgan fingerprint density at radius 3 is 2.91 bits per heavy atom. The Morgan fingerprint density at radius 2 is 2.22 bits per heavy atom. The Hall–Kier alpha value is -2.05. The van der Waals surface area contributed by atoms with Crippen LogP contribution in [0.25, 0.3) is 5.69 Å². The molecule has 0 aliphatic carbocycles. The molecule has 2 aromatic rings. The van der Waals surface area contributed by atoms with Gasteiger partial charge in [-0.3, -0.25) is 0 Å². The number of anilines is 1. The normalized spacial score (nSPS) is 15.3. The van der Waals surface area contributed by atoms with Crippen molar-refractivity contribution in [3.8, 4) is 5.69 Å². The standard InChI is InChI=1S/C16H20ClN5O/c17-14-9-13(1-2-15(14)22-8-7-19-11-22)21-16(23)20-10-12-3-5-18-6-4-12/h1-2,7-9,11-12,18H,3-6,10H2,(H2,20,21,23). The minimum Gasteiger partial charge on any atom is -0.338 e. The van der Waals surface area contributed by atoms with Crippen LogP contribution in [0.5, 0.6) is 0 Å². The maximum absolute atomic E-state index is 12.0. The van der Waals surface area contributed by atoms with Gasteiger partial charge in [0.1, 0.15) is 0 Å². The second-order valence-electron chi connectivity index (χ2n) is 5.66. The molecule has 1 saturated heterocycles. The quantitative estimate of drug-likeness (QED) is 0.805. The number of urea groups is 1. The molecule has 7 heteroatoms. The zero-order valence-electron chi connectivity index (χ0n) is 12.8. The highest BCUT2D eigenvalue weighted by molar-refractivity contribution is 6.32. The van der Waals surface area contributed by atoms with Crippen molar-refractivity contribution >= 4 is 23.3 Å². The summed E-state index contributed by atoms with van der Waals surface area (Å²) < 4.78 is 1.82. The van der Waals surface area contributed by atoms with Crippen molar-refractivity contribution in [3.05, 3.63) is 41.9 Å². The first-order chi connectivity index (χ1) is 11.2. The number of nitrogens with one attached hydrogen (secondary N) is 3. The maximum atomic E-state index is 12.0. The summed E-state index contributed by atoms with van der Waals surface area (Å²) in [6.45, 7) is 2.76. The van der Waals surface area contributed by atoms with Crippen molar-refractivity contribution in [2.75, 3.05) is 25.0 Å². The lowest BCUT2D eigenvalue weighted by atomic mass is 9.98. The molecule has 1 aromatic heterocycles. The third-order valence-electron chi connectivity index (χ3n) is 4.00. The highest BCUT2D eigenvalue weighted by Gasteiger charge is 2.14. The van der Waals surface area contributed by atoms with Crippen LogP contribution in [-0.4, -0.2) is 35.2 Å². The SMILES string of the molecule is O=C(NCC1CCNCC1)Nc1ccc(-n2ccnc2)c(Cl)c1. The molecule has 0 radical (unpaired) electrons. The van der Waals surface area contributed by atoms with Gasteiger partial charge in [-0.1, -0.05) is 11.6 Å². The van der Waals surface area contributed by atoms with Gasteiger partial charge in [0.2, 0.25) is 0 Å². The number of amides is 2. The third-order valence-corrected chi connectivity index (χ3v) is 4.30. The molecule has 3 N–H and O–H groups in total. The van der Waals surface area contributed by atoms with Crippen molar-refractivity contribution in [3.63, 3.8) is 0 Å². The minimum atomic E-state index is -0.199. The summed E-state index contributed by atoms with van der Waals surface area (Å²) in [4.78, 5) is 16.0. The van der Waals surface area contributed by atoms with Crippen LogP contribution in [0, 0.1) is 5.92 Å². The minimum absolute atomic E-state index is 0.199. The molecule has 6 nitrogen and oxygen atoms in total. The number of rotatable bonds is 4. The fourth-order valence-corrected chi connectivity index (χ4v) is 2.97. The van der Waals surface area contributed by atoms with Crippen LogP contribution in [0.3, 0.4) is 0 Å². The fraction of sp³-hybridized carbons (Fsp3) is 0.375. The average Bonchev–Trinajstić information content (AvgIpc) is 3.08. The highest BCUT2D eigenvalue weighted by atomic mass is 35.5. The zero-order chi connectivity index (χ0) is 16.1. The predicted molar refractivity (Wildman–Crippen MR) is 91.2 cm³/mol. The zero-order valence-corrected chi connectivity index (χ0v) is 13.5. The molecule has 1 aliphatic rings. The van der Waals surface area contributed by atoms with E-state index in [0.717, 1.165) is 31.6 Å². The molecule has 122 valence electrons. The summed E-state index contributed by atoms with van der Waals surface area (Å²) in [5.74, 6) is 0.550. The van der Waals surface area contributed by atoms with Crippen LogP contribution in [0.1, 0.15) is 12.8 Å². The van der Waals surface area contributed by atoms with E-state index in [-0.39, 0.29) is 6.03 Å². The van der Waals surface area contributed by atoms with E-state index in [0.29, 0.717) is 23.2 Å². The van der Waals surface area contributed by atoms with Crippen molar-refractivity contribution in [2.45, 2.75) is 12.8 Å². The lowest BCUT2D eigenvalue weighted by molar-refractivity contribution is 0.248. The summed E-state index contributed by atoms with van der Waals surface area (Å²) in [6, 6.07) is 5.22. The topological polar surface area (TPSA) is 71.0 Å². The molecule has 0 saturated carbocycles. The van der Waals surface area contributed by atoms with Crippen LogP contribution in [0.4, 0.5) is 10.5 Å². The monoisotopic (exact) mass is 333 g/mol. The van der Waals surface area contributed by atoms with E-state index in [4.69, 9.17) is 11.6 Å². The molecule has 0 bridgehead atoms. The molecule has 0 spiro atoms. The van der Waals surface area contributed by atoms with Crippen LogP contribution >= 0.6 is 11.6 Å². The van der Waals surface area contributed by atoms with Crippen molar-refractivity contribution in [1.82, 2.24) is 20.2 Å². The molecular formula is C16H20ClN5O. The number of carbonyl (C=O) groups excluding carboxylic acids is 1. The van der Waals surface area contributed by atoms with E-state index in [1.54, 1.807) is 18.6 Å². The Balaban J connectivity index is 1.55. The van der Waals surface area contributed by atoms with E-state index in [1.165, 1.54) is 0 Å². The van der Waals surface area contributed by atoms with E-state index in [1.807, 2.05) is 22.9 Å². The number of hydrogen-bond donors (Lipinski definition) is 3. The molecule has 0 unspecified atom stereocenters. The van der Waals surface area contributed by atoms with Gasteiger partial charge in [-0.25, -0.2) is 9.78 Å². The molecular weight excluding hydrogens is 314 g/mol. The Labute approximate surface area is 140 Å². The van der Waals surface area contributed by atoms with Crippen molar-refractivity contribution in [2.24, 2.45) is 5.92 Å². The van der Waals surface area contributed by atoms with E-state index in [9.17, 15) is 4.79 Å². The molecule has 1 fully saturated rings. The van der Waals surface area contributed by atoms with Gasteiger partial charge in [0.15, 0.2) is 0 Å².